The molecule has 1 aromatic carbocycles. The van der Waals surface area contributed by atoms with Crippen molar-refractivity contribution in [3.05, 3.63) is 29.8 Å². The predicted octanol–water partition coefficient (Wildman–Crippen LogP) is 1.57. The number of likely N-dealkylation sites (tertiary alicyclic amines) is 1. The van der Waals surface area contributed by atoms with Gasteiger partial charge in [-0.1, -0.05) is 12.1 Å². The van der Waals surface area contributed by atoms with Crippen LogP contribution in [0.4, 0.5) is 0 Å². The van der Waals surface area contributed by atoms with Crippen molar-refractivity contribution in [2.45, 2.75) is 32.9 Å². The maximum absolute atomic E-state index is 12.1. The average Bonchev–Trinajstić information content (AvgIpc) is 2.87. The molecule has 1 atom stereocenters. The van der Waals surface area contributed by atoms with Crippen LogP contribution in [0.2, 0.25) is 0 Å². The van der Waals surface area contributed by atoms with Gasteiger partial charge in [0, 0.05) is 25.6 Å². The molecule has 1 N–H and O–H groups in total. The number of nitrogens with zero attached hydrogens (tertiary/aromatic N) is 1. The SMILES string of the molecule is COc1ccc(CNC(=O)[C@H]2CC(=O)N(C(C)C)C2)cc1. The monoisotopic (exact) mass is 290 g/mol. The molecule has 1 aliphatic rings. The van der Waals surface area contributed by atoms with E-state index < -0.39 is 0 Å². The smallest absolute Gasteiger partial charge is 0.225 e. The molecule has 2 rings (SSSR count). The van der Waals surface area contributed by atoms with Gasteiger partial charge >= 0.3 is 0 Å². The van der Waals surface area contributed by atoms with Crippen LogP contribution in [-0.4, -0.2) is 36.4 Å². The summed E-state index contributed by atoms with van der Waals surface area (Å²) in [6.07, 6.45) is 0.312. The number of ether oxygens (including phenoxy) is 1. The third kappa shape index (κ3) is 3.74. The molecule has 21 heavy (non-hydrogen) atoms. The Labute approximate surface area is 125 Å². The molecule has 0 bridgehead atoms. The van der Waals surface area contributed by atoms with Crippen molar-refractivity contribution in [2.24, 2.45) is 5.92 Å². The highest BCUT2D eigenvalue weighted by atomic mass is 16.5. The van der Waals surface area contributed by atoms with Crippen LogP contribution in [0, 0.1) is 5.92 Å². The molecule has 0 radical (unpaired) electrons. The Bertz CT molecular complexity index is 511. The molecule has 1 aliphatic heterocycles. The molecule has 0 unspecified atom stereocenters. The van der Waals surface area contributed by atoms with Crippen molar-refractivity contribution in [1.29, 1.82) is 0 Å². The van der Waals surface area contributed by atoms with Crippen LogP contribution in [0.5, 0.6) is 5.75 Å². The van der Waals surface area contributed by atoms with E-state index in [-0.39, 0.29) is 23.8 Å². The third-order valence-corrected chi connectivity index (χ3v) is 3.78. The maximum atomic E-state index is 12.1. The Kier molecular flexibility index (Phi) is 4.83. The molecule has 5 heteroatoms. The zero-order chi connectivity index (χ0) is 15.4. The minimum atomic E-state index is -0.238. The van der Waals surface area contributed by atoms with Gasteiger partial charge < -0.3 is 15.0 Å². The number of amides is 2. The molecule has 0 saturated carbocycles. The van der Waals surface area contributed by atoms with Crippen molar-refractivity contribution in [1.82, 2.24) is 10.2 Å². The molecule has 114 valence electrons. The topological polar surface area (TPSA) is 58.6 Å². The molecule has 1 fully saturated rings. The molecule has 1 heterocycles. The standard InChI is InChI=1S/C16H22N2O3/c1-11(2)18-10-13(8-15(18)19)16(20)17-9-12-4-6-14(21-3)7-5-12/h4-7,11,13H,8-10H2,1-3H3,(H,17,20)/t13-/m0/s1. The van der Waals surface area contributed by atoms with Gasteiger partial charge in [-0.05, 0) is 31.5 Å². The number of methoxy groups -OCH3 is 1. The Morgan fingerprint density at radius 3 is 2.57 bits per heavy atom. The molecule has 5 nitrogen and oxygen atoms in total. The van der Waals surface area contributed by atoms with Crippen LogP contribution in [0.3, 0.4) is 0 Å². The lowest BCUT2D eigenvalue weighted by Crippen LogP contribution is -2.35. The number of benzene rings is 1. The van der Waals surface area contributed by atoms with Crippen molar-refractivity contribution in [3.63, 3.8) is 0 Å². The lowest BCUT2D eigenvalue weighted by molar-refractivity contribution is -0.129. The third-order valence-electron chi connectivity index (χ3n) is 3.78. The largest absolute Gasteiger partial charge is 0.497 e. The molecule has 2 amide bonds. The van der Waals surface area contributed by atoms with E-state index in [1.54, 1.807) is 12.0 Å². The molecule has 0 aliphatic carbocycles. The average molecular weight is 290 g/mol. The first kappa shape index (κ1) is 15.4. The van der Waals surface area contributed by atoms with E-state index in [2.05, 4.69) is 5.32 Å². The summed E-state index contributed by atoms with van der Waals surface area (Å²) in [4.78, 5) is 25.7. The fourth-order valence-corrected chi connectivity index (χ4v) is 2.48. The molecule has 1 aromatic rings. The molecule has 1 saturated heterocycles. The highest BCUT2D eigenvalue weighted by molar-refractivity contribution is 5.89. The van der Waals surface area contributed by atoms with E-state index in [9.17, 15) is 9.59 Å². The number of carbonyl (C=O) groups is 2. The lowest BCUT2D eigenvalue weighted by Gasteiger charge is -2.20. The Morgan fingerprint density at radius 1 is 1.38 bits per heavy atom. The number of nitrogens with one attached hydrogen (secondary N) is 1. The number of hydrogen-bond acceptors (Lipinski definition) is 3. The van der Waals surface area contributed by atoms with E-state index in [0.717, 1.165) is 11.3 Å². The summed E-state index contributed by atoms with van der Waals surface area (Å²) in [5, 5.41) is 2.90. The molecular formula is C16H22N2O3. The summed E-state index contributed by atoms with van der Waals surface area (Å²) < 4.78 is 5.09. The maximum Gasteiger partial charge on any atom is 0.225 e. The quantitative estimate of drug-likeness (QED) is 0.895. The molecule has 0 spiro atoms. The van der Waals surface area contributed by atoms with E-state index in [1.165, 1.54) is 0 Å². The Balaban J connectivity index is 1.86. The van der Waals surface area contributed by atoms with Gasteiger partial charge in [-0.2, -0.15) is 0 Å². The number of hydrogen-bond donors (Lipinski definition) is 1. The van der Waals surface area contributed by atoms with Gasteiger partial charge in [0.05, 0.1) is 13.0 Å². The van der Waals surface area contributed by atoms with Crippen molar-refractivity contribution in [2.75, 3.05) is 13.7 Å². The lowest BCUT2D eigenvalue weighted by atomic mass is 10.1. The molecular weight excluding hydrogens is 268 g/mol. The first-order valence-electron chi connectivity index (χ1n) is 7.21. The second kappa shape index (κ2) is 6.61. The fraction of sp³-hybridized carbons (Fsp3) is 0.500. The van der Waals surface area contributed by atoms with Gasteiger partial charge in [0.2, 0.25) is 11.8 Å². The summed E-state index contributed by atoms with van der Waals surface area (Å²) in [6.45, 7) is 4.92. The van der Waals surface area contributed by atoms with Gasteiger partial charge in [0.15, 0.2) is 0 Å². The van der Waals surface area contributed by atoms with Crippen molar-refractivity contribution < 1.29 is 14.3 Å². The van der Waals surface area contributed by atoms with Crippen LogP contribution >= 0.6 is 0 Å². The minimum Gasteiger partial charge on any atom is -0.497 e. The summed E-state index contributed by atoms with van der Waals surface area (Å²) in [6, 6.07) is 7.71. The van der Waals surface area contributed by atoms with Crippen LogP contribution < -0.4 is 10.1 Å². The number of rotatable bonds is 5. The second-order valence-electron chi connectivity index (χ2n) is 5.61. The zero-order valence-corrected chi connectivity index (χ0v) is 12.8. The van der Waals surface area contributed by atoms with Crippen LogP contribution in [0.1, 0.15) is 25.8 Å². The Morgan fingerprint density at radius 2 is 2.05 bits per heavy atom. The van der Waals surface area contributed by atoms with Gasteiger partial charge in [0.1, 0.15) is 5.75 Å². The van der Waals surface area contributed by atoms with Crippen LogP contribution in [0.25, 0.3) is 0 Å². The summed E-state index contributed by atoms with van der Waals surface area (Å²) in [5.74, 6) is 0.564. The zero-order valence-electron chi connectivity index (χ0n) is 12.8. The Hall–Kier alpha value is -2.04. The highest BCUT2D eigenvalue weighted by Crippen LogP contribution is 2.20. The first-order valence-corrected chi connectivity index (χ1v) is 7.21. The summed E-state index contributed by atoms with van der Waals surface area (Å²) in [5.41, 5.74) is 1.01. The highest BCUT2D eigenvalue weighted by Gasteiger charge is 2.35. The van der Waals surface area contributed by atoms with Gasteiger partial charge in [0.25, 0.3) is 0 Å². The normalized spacial score (nSPS) is 18.2. The fourth-order valence-electron chi connectivity index (χ4n) is 2.48. The molecule has 0 aromatic heterocycles. The van der Waals surface area contributed by atoms with Gasteiger partial charge in [-0.3, -0.25) is 9.59 Å². The number of carbonyl (C=O) groups excluding carboxylic acids is 2. The predicted molar refractivity (Wildman–Crippen MR) is 79.8 cm³/mol. The van der Waals surface area contributed by atoms with Crippen LogP contribution in [0.15, 0.2) is 24.3 Å². The van der Waals surface area contributed by atoms with E-state index in [1.807, 2.05) is 38.1 Å². The van der Waals surface area contributed by atoms with E-state index in [4.69, 9.17) is 4.74 Å². The van der Waals surface area contributed by atoms with E-state index in [0.29, 0.717) is 19.5 Å². The minimum absolute atomic E-state index is 0.0534. The first-order chi connectivity index (χ1) is 10.0. The van der Waals surface area contributed by atoms with Crippen molar-refractivity contribution in [3.8, 4) is 5.75 Å². The van der Waals surface area contributed by atoms with Crippen molar-refractivity contribution >= 4 is 11.8 Å². The van der Waals surface area contributed by atoms with Gasteiger partial charge in [-0.15, -0.1) is 0 Å². The van der Waals surface area contributed by atoms with Gasteiger partial charge in [-0.25, -0.2) is 0 Å². The summed E-state index contributed by atoms with van der Waals surface area (Å²) in [7, 11) is 1.62. The van der Waals surface area contributed by atoms with Crippen LogP contribution in [-0.2, 0) is 16.1 Å². The van der Waals surface area contributed by atoms with E-state index >= 15 is 0 Å². The summed E-state index contributed by atoms with van der Waals surface area (Å²) >= 11 is 0. The second-order valence-corrected chi connectivity index (χ2v) is 5.61.